The summed E-state index contributed by atoms with van der Waals surface area (Å²) in [4.78, 5) is 12.5. The zero-order valence-corrected chi connectivity index (χ0v) is 16.6. The van der Waals surface area contributed by atoms with Crippen LogP contribution in [-0.2, 0) is 11.8 Å². The fraction of sp³-hybridized carbons (Fsp3) is 0.136. The molecule has 0 bridgehead atoms. The Bertz CT molecular complexity index is 1180. The highest BCUT2D eigenvalue weighted by Crippen LogP contribution is 2.42. The van der Waals surface area contributed by atoms with Crippen molar-refractivity contribution in [3.8, 4) is 16.9 Å². The first kappa shape index (κ1) is 17.6. The second-order valence-corrected chi connectivity index (χ2v) is 7.26. The van der Waals surface area contributed by atoms with Crippen LogP contribution < -0.4 is 0 Å². The lowest BCUT2D eigenvalue weighted by Crippen LogP contribution is -2.06. The molecule has 0 fully saturated rings. The van der Waals surface area contributed by atoms with Gasteiger partial charge in [0.2, 0.25) is 0 Å². The molecule has 1 aromatic heterocycles. The molecule has 0 aliphatic heterocycles. The van der Waals surface area contributed by atoms with Gasteiger partial charge in [-0.2, -0.15) is 0 Å². The van der Waals surface area contributed by atoms with Crippen LogP contribution in [0.3, 0.4) is 0 Å². The molecule has 0 atom stereocenters. The monoisotopic (exact) mass is 423 g/mol. The molecule has 0 aliphatic carbocycles. The first-order valence-electron chi connectivity index (χ1n) is 8.69. The first-order valence-corrected chi connectivity index (χ1v) is 9.48. The summed E-state index contributed by atoms with van der Waals surface area (Å²) in [5, 5.41) is 12.5. The van der Waals surface area contributed by atoms with E-state index >= 15 is 0 Å². The number of halogens is 1. The van der Waals surface area contributed by atoms with E-state index in [-0.39, 0.29) is 17.9 Å². The lowest BCUT2D eigenvalue weighted by atomic mass is 9.97. The average molecular weight is 424 g/mol. The molecule has 0 amide bonds. The maximum atomic E-state index is 12.5. The van der Waals surface area contributed by atoms with Gasteiger partial charge in [0.05, 0.1) is 17.5 Å². The van der Waals surface area contributed by atoms with Gasteiger partial charge in [-0.15, -0.1) is 0 Å². The number of fused-ring (bicyclic) bond motifs is 3. The summed E-state index contributed by atoms with van der Waals surface area (Å²) < 4.78 is 8.20. The van der Waals surface area contributed by atoms with E-state index in [0.29, 0.717) is 5.39 Å². The number of esters is 1. The number of hydrogen-bond acceptors (Lipinski definition) is 3. The van der Waals surface area contributed by atoms with Gasteiger partial charge < -0.3 is 14.4 Å². The van der Waals surface area contributed by atoms with Gasteiger partial charge in [-0.3, -0.25) is 0 Å². The smallest absolute Gasteiger partial charge is 0.341 e. The van der Waals surface area contributed by atoms with Crippen molar-refractivity contribution in [1.82, 2.24) is 4.57 Å². The molecule has 4 nitrogen and oxygen atoms in total. The average Bonchev–Trinajstić information content (AvgIpc) is 2.97. The van der Waals surface area contributed by atoms with Gasteiger partial charge >= 0.3 is 5.97 Å². The van der Waals surface area contributed by atoms with Crippen LogP contribution in [0.25, 0.3) is 32.9 Å². The SMILES string of the molecule is CCOC(=O)c1cc(-c2ccc(Br)cc2)c2c(c1O)c1ccccc1n2C. The van der Waals surface area contributed by atoms with Crippen LogP contribution >= 0.6 is 15.9 Å². The highest BCUT2D eigenvalue weighted by atomic mass is 79.9. The maximum Gasteiger partial charge on any atom is 0.341 e. The molecular weight excluding hydrogens is 406 g/mol. The fourth-order valence-electron chi connectivity index (χ4n) is 3.58. The summed E-state index contributed by atoms with van der Waals surface area (Å²) in [5.41, 5.74) is 3.88. The highest BCUT2D eigenvalue weighted by molar-refractivity contribution is 9.10. The summed E-state index contributed by atoms with van der Waals surface area (Å²) in [6, 6.07) is 17.5. The molecule has 5 heteroatoms. The van der Waals surface area contributed by atoms with Crippen molar-refractivity contribution in [3.63, 3.8) is 0 Å². The molecule has 27 heavy (non-hydrogen) atoms. The second kappa shape index (κ2) is 6.74. The van der Waals surface area contributed by atoms with Crippen molar-refractivity contribution in [2.75, 3.05) is 6.61 Å². The number of aryl methyl sites for hydroxylation is 1. The molecule has 0 saturated carbocycles. The van der Waals surface area contributed by atoms with E-state index in [2.05, 4.69) is 20.5 Å². The topological polar surface area (TPSA) is 51.5 Å². The number of carbonyl (C=O) groups excluding carboxylic acids is 1. The van der Waals surface area contributed by atoms with Crippen LogP contribution in [0.1, 0.15) is 17.3 Å². The molecule has 0 aliphatic rings. The molecular formula is C22H18BrNO3. The van der Waals surface area contributed by atoms with Gasteiger partial charge in [0.25, 0.3) is 0 Å². The Kier molecular flexibility index (Phi) is 4.40. The van der Waals surface area contributed by atoms with Gasteiger partial charge in [-0.1, -0.05) is 46.3 Å². The number of phenolic OH excluding ortho intramolecular Hbond substituents is 1. The third-order valence-corrected chi connectivity index (χ3v) is 5.32. The molecule has 1 heterocycles. The molecule has 0 saturated heterocycles. The van der Waals surface area contributed by atoms with Crippen LogP contribution in [0.5, 0.6) is 5.75 Å². The Morgan fingerprint density at radius 3 is 2.56 bits per heavy atom. The summed E-state index contributed by atoms with van der Waals surface area (Å²) in [6.07, 6.45) is 0. The van der Waals surface area contributed by atoms with E-state index in [1.807, 2.05) is 55.6 Å². The minimum Gasteiger partial charge on any atom is -0.506 e. The molecule has 3 aromatic carbocycles. The number of ether oxygens (including phenoxy) is 1. The predicted octanol–water partition coefficient (Wildman–Crippen LogP) is 5.64. The van der Waals surface area contributed by atoms with Crippen LogP contribution in [0.2, 0.25) is 0 Å². The number of aromatic nitrogens is 1. The van der Waals surface area contributed by atoms with Gasteiger partial charge in [-0.05, 0) is 36.8 Å². The van der Waals surface area contributed by atoms with Crippen LogP contribution in [0.4, 0.5) is 0 Å². The van der Waals surface area contributed by atoms with E-state index < -0.39 is 5.97 Å². The Morgan fingerprint density at radius 1 is 1.15 bits per heavy atom. The minimum atomic E-state index is -0.525. The lowest BCUT2D eigenvalue weighted by molar-refractivity contribution is 0.0523. The standard InChI is InChI=1S/C22H18BrNO3/c1-3-27-22(26)17-12-16(13-8-10-14(23)11-9-13)20-19(21(17)25)15-6-4-5-7-18(15)24(20)2/h4-12,25H,3H2,1-2H3. The zero-order valence-electron chi connectivity index (χ0n) is 15.0. The number of carbonyl (C=O) groups is 1. The normalized spacial score (nSPS) is 11.2. The van der Waals surface area contributed by atoms with Gasteiger partial charge in [0, 0.05) is 28.0 Å². The fourth-order valence-corrected chi connectivity index (χ4v) is 3.84. The van der Waals surface area contributed by atoms with Crippen molar-refractivity contribution in [3.05, 3.63) is 64.6 Å². The van der Waals surface area contributed by atoms with Gasteiger partial charge in [0.15, 0.2) is 0 Å². The number of nitrogens with zero attached hydrogens (tertiary/aromatic N) is 1. The third-order valence-electron chi connectivity index (χ3n) is 4.79. The van der Waals surface area contributed by atoms with E-state index in [4.69, 9.17) is 4.74 Å². The van der Waals surface area contributed by atoms with Crippen LogP contribution in [0.15, 0.2) is 59.1 Å². The van der Waals surface area contributed by atoms with E-state index in [1.54, 1.807) is 13.0 Å². The number of hydrogen-bond donors (Lipinski definition) is 1. The molecule has 0 spiro atoms. The van der Waals surface area contributed by atoms with Crippen molar-refractivity contribution in [2.24, 2.45) is 7.05 Å². The van der Waals surface area contributed by atoms with E-state index in [9.17, 15) is 9.90 Å². The number of phenols is 1. The Morgan fingerprint density at radius 2 is 1.85 bits per heavy atom. The lowest BCUT2D eigenvalue weighted by Gasteiger charge is -2.12. The van der Waals surface area contributed by atoms with Gasteiger partial charge in [0.1, 0.15) is 11.3 Å². The summed E-state index contributed by atoms with van der Waals surface area (Å²) in [5.74, 6) is -0.565. The third kappa shape index (κ3) is 2.79. The van der Waals surface area contributed by atoms with Crippen molar-refractivity contribution < 1.29 is 14.6 Å². The summed E-state index contributed by atoms with van der Waals surface area (Å²) >= 11 is 3.46. The Hall–Kier alpha value is -2.79. The molecule has 0 radical (unpaired) electrons. The van der Waals surface area contributed by atoms with Crippen LogP contribution in [0, 0.1) is 0 Å². The molecule has 1 N–H and O–H groups in total. The number of rotatable bonds is 3. The Balaban J connectivity index is 2.16. The minimum absolute atomic E-state index is 0.0406. The zero-order chi connectivity index (χ0) is 19.1. The van der Waals surface area contributed by atoms with Crippen molar-refractivity contribution in [2.45, 2.75) is 6.92 Å². The number of benzene rings is 3. The molecule has 136 valence electrons. The largest absolute Gasteiger partial charge is 0.506 e. The van der Waals surface area contributed by atoms with Crippen LogP contribution in [-0.4, -0.2) is 22.2 Å². The number of para-hydroxylation sites is 1. The quantitative estimate of drug-likeness (QED) is 0.433. The molecule has 0 unspecified atom stereocenters. The van der Waals surface area contributed by atoms with Crippen molar-refractivity contribution >= 4 is 43.7 Å². The first-order chi connectivity index (χ1) is 13.0. The van der Waals surface area contributed by atoms with Gasteiger partial charge in [-0.25, -0.2) is 4.79 Å². The maximum absolute atomic E-state index is 12.5. The van der Waals surface area contributed by atoms with E-state index in [0.717, 1.165) is 32.0 Å². The Labute approximate surface area is 165 Å². The predicted molar refractivity (Wildman–Crippen MR) is 111 cm³/mol. The summed E-state index contributed by atoms with van der Waals surface area (Å²) in [7, 11) is 1.97. The highest BCUT2D eigenvalue weighted by Gasteiger charge is 2.23. The second-order valence-electron chi connectivity index (χ2n) is 6.35. The van der Waals surface area contributed by atoms with Crippen molar-refractivity contribution in [1.29, 1.82) is 0 Å². The summed E-state index contributed by atoms with van der Waals surface area (Å²) in [6.45, 7) is 2.00. The molecule has 4 rings (SSSR count). The number of aromatic hydroxyl groups is 1. The van der Waals surface area contributed by atoms with E-state index in [1.165, 1.54) is 0 Å². The molecule has 4 aromatic rings.